The lowest BCUT2D eigenvalue weighted by Gasteiger charge is -2.38. The third kappa shape index (κ3) is 5.95. The van der Waals surface area contributed by atoms with Crippen molar-refractivity contribution in [2.75, 3.05) is 38.1 Å². The Balaban J connectivity index is 1.56. The first-order chi connectivity index (χ1) is 17.1. The van der Waals surface area contributed by atoms with Crippen LogP contribution in [-0.4, -0.2) is 67.0 Å². The Labute approximate surface area is 214 Å². The van der Waals surface area contributed by atoms with E-state index < -0.39 is 20.2 Å². The normalized spacial score (nSPS) is 15.8. The molecule has 0 amide bonds. The minimum Gasteiger partial charge on any atom is -0.480 e. The number of pyridine rings is 1. The van der Waals surface area contributed by atoms with Crippen LogP contribution in [0.5, 0.6) is 0 Å². The molecule has 1 fully saturated rings. The van der Waals surface area contributed by atoms with Gasteiger partial charge in [0, 0.05) is 49.7 Å². The number of anilines is 1. The van der Waals surface area contributed by atoms with Crippen molar-refractivity contribution in [1.29, 1.82) is 0 Å². The van der Waals surface area contributed by atoms with Crippen molar-refractivity contribution in [2.45, 2.75) is 32.2 Å². The highest BCUT2D eigenvalue weighted by Crippen LogP contribution is 2.29. The second kappa shape index (κ2) is 10.8. The van der Waals surface area contributed by atoms with Gasteiger partial charge >= 0.3 is 5.97 Å². The van der Waals surface area contributed by atoms with Gasteiger partial charge in [-0.05, 0) is 36.4 Å². The largest absolute Gasteiger partial charge is 0.480 e. The maximum Gasteiger partial charge on any atom is 0.324 e. The molecule has 36 heavy (non-hydrogen) atoms. The summed E-state index contributed by atoms with van der Waals surface area (Å²) < 4.78 is 2.00. The number of rotatable bonds is 8. The molecule has 190 valence electrons. The molecule has 7 nitrogen and oxygen atoms in total. The maximum absolute atomic E-state index is 13.1. The van der Waals surface area contributed by atoms with E-state index in [2.05, 4.69) is 53.6 Å². The van der Waals surface area contributed by atoms with Crippen molar-refractivity contribution in [3.05, 3.63) is 88.2 Å². The summed E-state index contributed by atoms with van der Waals surface area (Å²) in [5, 5.41) is 10.1. The third-order valence-electron chi connectivity index (χ3n) is 6.90. The monoisotopic (exact) mass is 504 g/mol. The highest BCUT2D eigenvalue weighted by atomic mass is 28.3. The summed E-state index contributed by atoms with van der Waals surface area (Å²) in [7, 11) is 0.0319. The fourth-order valence-corrected chi connectivity index (χ4v) is 6.38. The van der Waals surface area contributed by atoms with Crippen LogP contribution in [0.25, 0.3) is 11.3 Å². The summed E-state index contributed by atoms with van der Waals surface area (Å²) in [4.78, 5) is 33.2. The molecule has 2 heterocycles. The molecule has 4 rings (SSSR count). The van der Waals surface area contributed by atoms with Crippen LogP contribution in [0.15, 0.2) is 71.5 Å². The number of carbonyl (C=O) groups is 1. The molecule has 2 aromatic carbocycles. The second-order valence-corrected chi connectivity index (χ2v) is 15.4. The molecule has 0 bridgehead atoms. The number of aliphatic carboxylic acids is 1. The minimum absolute atomic E-state index is 0.184. The van der Waals surface area contributed by atoms with Crippen molar-refractivity contribution in [2.24, 2.45) is 0 Å². The predicted molar refractivity (Wildman–Crippen MR) is 148 cm³/mol. The molecular formula is C28H36N4O3Si. The van der Waals surface area contributed by atoms with Gasteiger partial charge in [-0.15, -0.1) is 0 Å². The number of H-pyrrole nitrogens is 1. The summed E-state index contributed by atoms with van der Waals surface area (Å²) in [6.45, 7) is 10.7. The second-order valence-electron chi connectivity index (χ2n) is 10.5. The fraction of sp³-hybridized carbons (Fsp3) is 0.357. The molecule has 1 aromatic heterocycles. The predicted octanol–water partition coefficient (Wildman–Crippen LogP) is 4.26. The Morgan fingerprint density at radius 3 is 2.17 bits per heavy atom. The first-order valence-corrected chi connectivity index (χ1v) is 15.9. The van der Waals surface area contributed by atoms with Crippen LogP contribution in [0.1, 0.15) is 17.2 Å². The number of piperazine rings is 1. The van der Waals surface area contributed by atoms with E-state index in [9.17, 15) is 14.7 Å². The summed E-state index contributed by atoms with van der Waals surface area (Å²) in [6, 6.07) is 20.5. The Kier molecular flexibility index (Phi) is 7.78. The highest BCUT2D eigenvalue weighted by Gasteiger charge is 2.36. The van der Waals surface area contributed by atoms with Crippen molar-refractivity contribution >= 4 is 19.9 Å². The van der Waals surface area contributed by atoms with Crippen molar-refractivity contribution in [3.63, 3.8) is 0 Å². The first kappa shape index (κ1) is 25.9. The number of likely N-dealkylation sites (N-methyl/N-ethyl adjacent to an activating group) is 1. The number of hydrogen-bond acceptors (Lipinski definition) is 5. The van der Waals surface area contributed by atoms with E-state index in [1.165, 1.54) is 5.69 Å². The van der Waals surface area contributed by atoms with Crippen LogP contribution >= 0.6 is 0 Å². The van der Waals surface area contributed by atoms with E-state index in [4.69, 9.17) is 0 Å². The molecule has 1 aliphatic rings. The smallest absolute Gasteiger partial charge is 0.324 e. The fourth-order valence-electron chi connectivity index (χ4n) is 4.70. The number of nitrogens with zero attached hydrogens (tertiary/aromatic N) is 3. The van der Waals surface area contributed by atoms with Crippen molar-refractivity contribution in [1.82, 2.24) is 14.4 Å². The lowest BCUT2D eigenvalue weighted by molar-refractivity contribution is -0.142. The summed E-state index contributed by atoms with van der Waals surface area (Å²) in [5.74, 6) is -0.905. The summed E-state index contributed by atoms with van der Waals surface area (Å²) >= 11 is 0. The number of nitrogens with one attached hydrogen (secondary N) is 1. The summed E-state index contributed by atoms with van der Waals surface area (Å²) in [6.07, 6.45) is 0. The Morgan fingerprint density at radius 2 is 1.61 bits per heavy atom. The van der Waals surface area contributed by atoms with Gasteiger partial charge in [-0.1, -0.05) is 68.2 Å². The van der Waals surface area contributed by atoms with Gasteiger partial charge in [0.1, 0.15) is 14.3 Å². The van der Waals surface area contributed by atoms with E-state index in [0.717, 1.165) is 43.0 Å². The molecule has 3 aromatic rings. The lowest BCUT2D eigenvalue weighted by Crippen LogP contribution is -2.50. The van der Waals surface area contributed by atoms with Gasteiger partial charge in [0.25, 0.3) is 5.56 Å². The van der Waals surface area contributed by atoms with Crippen LogP contribution in [0, 0.1) is 0 Å². The topological polar surface area (TPSA) is 79.9 Å². The zero-order valence-electron chi connectivity index (χ0n) is 21.6. The van der Waals surface area contributed by atoms with E-state index >= 15 is 0 Å². The first-order valence-electron chi connectivity index (χ1n) is 12.4. The molecule has 0 spiro atoms. The SMILES string of the molecule is CN1CCN(c2ccc(-c3ccc(CN([C@H](C(=O)O)c4ccccc4)[Si](C)(C)C)c(=O)[nH]3)cc2)CC1. The van der Waals surface area contributed by atoms with Gasteiger partial charge in [0.15, 0.2) is 0 Å². The molecule has 2 N–H and O–H groups in total. The van der Waals surface area contributed by atoms with Crippen molar-refractivity contribution in [3.8, 4) is 11.3 Å². The quantitative estimate of drug-likeness (QED) is 0.447. The van der Waals surface area contributed by atoms with Crippen LogP contribution in [0.2, 0.25) is 19.6 Å². The number of carboxylic acid groups (broad SMARTS) is 1. The zero-order chi connectivity index (χ0) is 25.9. The van der Waals surface area contributed by atoms with Crippen LogP contribution < -0.4 is 10.5 Å². The number of aromatic nitrogens is 1. The van der Waals surface area contributed by atoms with Crippen LogP contribution in [0.3, 0.4) is 0 Å². The lowest BCUT2D eigenvalue weighted by atomic mass is 10.1. The molecule has 1 saturated heterocycles. The van der Waals surface area contributed by atoms with E-state index in [-0.39, 0.29) is 12.1 Å². The van der Waals surface area contributed by atoms with E-state index in [1.54, 1.807) is 0 Å². The number of carboxylic acids is 1. The van der Waals surface area contributed by atoms with Crippen molar-refractivity contribution < 1.29 is 9.90 Å². The average molecular weight is 505 g/mol. The molecule has 8 heteroatoms. The number of hydrogen-bond donors (Lipinski definition) is 2. The molecule has 1 aliphatic heterocycles. The van der Waals surface area contributed by atoms with Gasteiger partial charge in [-0.2, -0.15) is 0 Å². The van der Waals surface area contributed by atoms with E-state index in [0.29, 0.717) is 5.56 Å². The molecule has 1 atom stereocenters. The third-order valence-corrected chi connectivity index (χ3v) is 9.04. The Hall–Kier alpha value is -3.20. The number of benzene rings is 2. The van der Waals surface area contributed by atoms with Gasteiger partial charge in [0.05, 0.1) is 0 Å². The molecule has 0 radical (unpaired) electrons. The number of aromatic amines is 1. The molecule has 0 unspecified atom stereocenters. The highest BCUT2D eigenvalue weighted by molar-refractivity contribution is 6.73. The van der Waals surface area contributed by atoms with Crippen LogP contribution in [-0.2, 0) is 11.3 Å². The van der Waals surface area contributed by atoms with Crippen LogP contribution in [0.4, 0.5) is 5.69 Å². The average Bonchev–Trinajstić information content (AvgIpc) is 2.85. The Bertz CT molecular complexity index is 1230. The maximum atomic E-state index is 13.1. The van der Waals surface area contributed by atoms with Gasteiger partial charge in [-0.25, -0.2) is 0 Å². The standard InChI is InChI=1S/C28H36N4O3Si/c1-30-16-18-31(19-17-30)24-13-10-21(11-14-24)25-15-12-23(27(33)29-25)20-32(36(2,3)4)26(28(34)35)22-8-6-5-7-9-22/h5-15,26H,16-20H2,1-4H3,(H,29,33)(H,34,35)/t26-/m0/s1. The minimum atomic E-state index is -2.11. The molecule has 0 aliphatic carbocycles. The van der Waals surface area contributed by atoms with Gasteiger partial charge < -0.3 is 24.5 Å². The van der Waals surface area contributed by atoms with Gasteiger partial charge in [-0.3, -0.25) is 9.59 Å². The molecular weight excluding hydrogens is 468 g/mol. The Morgan fingerprint density at radius 1 is 0.972 bits per heavy atom. The zero-order valence-corrected chi connectivity index (χ0v) is 22.6. The molecule has 0 saturated carbocycles. The van der Waals surface area contributed by atoms with E-state index in [1.807, 2.05) is 59.2 Å². The summed E-state index contributed by atoms with van der Waals surface area (Å²) in [5.41, 5.74) is 4.00. The van der Waals surface area contributed by atoms with Gasteiger partial charge in [0.2, 0.25) is 0 Å².